The summed E-state index contributed by atoms with van der Waals surface area (Å²) in [5.74, 6) is 1.56. The van der Waals surface area contributed by atoms with Gasteiger partial charge in [-0.25, -0.2) is 4.99 Å². The summed E-state index contributed by atoms with van der Waals surface area (Å²) < 4.78 is 5.44. The molecule has 152 valence electrons. The first-order valence-corrected chi connectivity index (χ1v) is 9.01. The molecule has 0 unspecified atom stereocenters. The summed E-state index contributed by atoms with van der Waals surface area (Å²) >= 11 is 0. The molecule has 0 heterocycles. The van der Waals surface area contributed by atoms with E-state index in [0.29, 0.717) is 18.7 Å². The van der Waals surface area contributed by atoms with E-state index in [4.69, 9.17) is 9.73 Å². The number of para-hydroxylation sites is 1. The first kappa shape index (κ1) is 23.7. The fourth-order valence-electron chi connectivity index (χ4n) is 2.76. The van der Waals surface area contributed by atoms with Crippen molar-refractivity contribution in [1.29, 1.82) is 0 Å². The van der Waals surface area contributed by atoms with Gasteiger partial charge in [0.25, 0.3) is 5.91 Å². The zero-order chi connectivity index (χ0) is 19.6. The summed E-state index contributed by atoms with van der Waals surface area (Å²) in [6.07, 6.45) is 0. The van der Waals surface area contributed by atoms with Crippen molar-refractivity contribution in [3.05, 3.63) is 65.2 Å². The van der Waals surface area contributed by atoms with Crippen molar-refractivity contribution in [3.8, 4) is 5.75 Å². The van der Waals surface area contributed by atoms with Crippen LogP contribution in [0.15, 0.2) is 53.5 Å². The molecule has 2 aromatic rings. The largest absolute Gasteiger partial charge is 0.496 e. The number of guanidine groups is 1. The molecule has 0 bridgehead atoms. The Morgan fingerprint density at radius 2 is 1.93 bits per heavy atom. The van der Waals surface area contributed by atoms with Crippen LogP contribution in [-0.4, -0.2) is 44.5 Å². The lowest BCUT2D eigenvalue weighted by Crippen LogP contribution is -2.38. The Balaban J connectivity index is 0.00000392. The van der Waals surface area contributed by atoms with Gasteiger partial charge >= 0.3 is 0 Å². The lowest BCUT2D eigenvalue weighted by atomic mass is 10.1. The number of methoxy groups -OCH3 is 1. The molecule has 0 saturated carbocycles. The number of carbonyl (C=O) groups is 1. The predicted molar refractivity (Wildman–Crippen MR) is 125 cm³/mol. The molecule has 7 heteroatoms. The van der Waals surface area contributed by atoms with Gasteiger partial charge in [-0.05, 0) is 30.7 Å². The SMILES string of the molecule is CCNC(=NCc1cccc(C(=O)NC)c1)N(C)Cc1ccccc1OC.I. The number of ether oxygens (including phenoxy) is 1. The minimum Gasteiger partial charge on any atom is -0.496 e. The molecular formula is C21H29IN4O2. The van der Waals surface area contributed by atoms with Crippen LogP contribution in [0, 0.1) is 0 Å². The zero-order valence-corrected chi connectivity index (χ0v) is 19.2. The molecule has 0 aromatic heterocycles. The van der Waals surface area contributed by atoms with Crippen molar-refractivity contribution in [2.75, 3.05) is 27.7 Å². The number of nitrogens with zero attached hydrogens (tertiary/aromatic N) is 2. The normalized spacial score (nSPS) is 10.6. The number of rotatable bonds is 7. The molecule has 6 nitrogen and oxygen atoms in total. The number of halogens is 1. The van der Waals surface area contributed by atoms with E-state index < -0.39 is 0 Å². The van der Waals surface area contributed by atoms with Gasteiger partial charge in [0.05, 0.1) is 13.7 Å². The Bertz CT molecular complexity index is 795. The highest BCUT2D eigenvalue weighted by atomic mass is 127. The maximum atomic E-state index is 11.8. The second-order valence-electron chi connectivity index (χ2n) is 6.12. The molecule has 0 atom stereocenters. The van der Waals surface area contributed by atoms with E-state index >= 15 is 0 Å². The third kappa shape index (κ3) is 6.70. The van der Waals surface area contributed by atoms with Crippen LogP contribution in [0.2, 0.25) is 0 Å². The van der Waals surface area contributed by atoms with Crippen molar-refractivity contribution in [2.45, 2.75) is 20.0 Å². The smallest absolute Gasteiger partial charge is 0.251 e. The first-order valence-electron chi connectivity index (χ1n) is 9.01. The van der Waals surface area contributed by atoms with Crippen LogP contribution < -0.4 is 15.4 Å². The lowest BCUT2D eigenvalue weighted by molar-refractivity contribution is 0.0963. The molecule has 2 aromatic carbocycles. The molecule has 0 saturated heterocycles. The van der Waals surface area contributed by atoms with Crippen LogP contribution in [0.5, 0.6) is 5.75 Å². The van der Waals surface area contributed by atoms with Crippen LogP contribution in [0.25, 0.3) is 0 Å². The summed E-state index contributed by atoms with van der Waals surface area (Å²) in [5, 5.41) is 5.96. The summed E-state index contributed by atoms with van der Waals surface area (Å²) in [7, 11) is 5.30. The number of benzene rings is 2. The number of amides is 1. The van der Waals surface area contributed by atoms with E-state index in [2.05, 4.69) is 15.5 Å². The molecule has 0 fully saturated rings. The molecule has 2 rings (SSSR count). The Morgan fingerprint density at radius 1 is 1.18 bits per heavy atom. The van der Waals surface area contributed by atoms with E-state index in [1.54, 1.807) is 20.2 Å². The van der Waals surface area contributed by atoms with Crippen molar-refractivity contribution < 1.29 is 9.53 Å². The maximum absolute atomic E-state index is 11.8. The van der Waals surface area contributed by atoms with Gasteiger partial charge in [-0.3, -0.25) is 4.79 Å². The highest BCUT2D eigenvalue weighted by molar-refractivity contribution is 14.0. The van der Waals surface area contributed by atoms with E-state index in [0.717, 1.165) is 29.4 Å². The average Bonchev–Trinajstić information content (AvgIpc) is 2.71. The van der Waals surface area contributed by atoms with Crippen molar-refractivity contribution in [1.82, 2.24) is 15.5 Å². The van der Waals surface area contributed by atoms with Gasteiger partial charge in [0.1, 0.15) is 5.75 Å². The minimum absolute atomic E-state index is 0. The second-order valence-corrected chi connectivity index (χ2v) is 6.12. The van der Waals surface area contributed by atoms with E-state index in [1.165, 1.54) is 0 Å². The highest BCUT2D eigenvalue weighted by Crippen LogP contribution is 2.18. The van der Waals surface area contributed by atoms with Gasteiger partial charge < -0.3 is 20.3 Å². The minimum atomic E-state index is -0.0963. The quantitative estimate of drug-likeness (QED) is 0.351. The standard InChI is InChI=1S/C21H28N4O2.HI/c1-5-23-21(25(3)15-18-10-6-7-12-19(18)27-4)24-14-16-9-8-11-17(13-16)20(26)22-2;/h6-13H,5,14-15H2,1-4H3,(H,22,26)(H,23,24);1H. The molecular weight excluding hydrogens is 467 g/mol. The fourth-order valence-corrected chi connectivity index (χ4v) is 2.76. The van der Waals surface area contributed by atoms with Crippen LogP contribution in [-0.2, 0) is 13.1 Å². The lowest BCUT2D eigenvalue weighted by Gasteiger charge is -2.23. The molecule has 0 aliphatic carbocycles. The van der Waals surface area contributed by atoms with Crippen LogP contribution in [0.4, 0.5) is 0 Å². The predicted octanol–water partition coefficient (Wildman–Crippen LogP) is 3.27. The molecule has 0 aliphatic rings. The van der Waals surface area contributed by atoms with Gasteiger partial charge in [-0.1, -0.05) is 30.3 Å². The average molecular weight is 496 g/mol. The topological polar surface area (TPSA) is 66.0 Å². The Labute approximate surface area is 184 Å². The molecule has 2 N–H and O–H groups in total. The molecule has 0 aliphatic heterocycles. The third-order valence-corrected chi connectivity index (χ3v) is 4.12. The number of carbonyl (C=O) groups excluding carboxylic acids is 1. The number of nitrogens with one attached hydrogen (secondary N) is 2. The van der Waals surface area contributed by atoms with Crippen LogP contribution in [0.3, 0.4) is 0 Å². The summed E-state index contributed by atoms with van der Waals surface area (Å²) in [4.78, 5) is 18.6. The Kier molecular flexibility index (Phi) is 10.4. The number of hydrogen-bond acceptors (Lipinski definition) is 3. The maximum Gasteiger partial charge on any atom is 0.251 e. The number of hydrogen-bond donors (Lipinski definition) is 2. The second kappa shape index (κ2) is 12.2. The van der Waals surface area contributed by atoms with Crippen molar-refractivity contribution >= 4 is 35.8 Å². The van der Waals surface area contributed by atoms with Gasteiger partial charge in [0.2, 0.25) is 0 Å². The van der Waals surface area contributed by atoms with Gasteiger partial charge in [0, 0.05) is 38.3 Å². The molecule has 28 heavy (non-hydrogen) atoms. The van der Waals surface area contributed by atoms with Crippen LogP contribution >= 0.6 is 24.0 Å². The summed E-state index contributed by atoms with van der Waals surface area (Å²) in [6.45, 7) is 3.98. The zero-order valence-electron chi connectivity index (χ0n) is 16.9. The third-order valence-electron chi connectivity index (χ3n) is 4.12. The van der Waals surface area contributed by atoms with E-state index in [1.807, 2.05) is 56.4 Å². The van der Waals surface area contributed by atoms with Crippen LogP contribution in [0.1, 0.15) is 28.4 Å². The molecule has 1 amide bonds. The van der Waals surface area contributed by atoms with Gasteiger partial charge in [-0.15, -0.1) is 24.0 Å². The van der Waals surface area contributed by atoms with Gasteiger partial charge in [-0.2, -0.15) is 0 Å². The highest BCUT2D eigenvalue weighted by Gasteiger charge is 2.10. The van der Waals surface area contributed by atoms with Gasteiger partial charge in [0.15, 0.2) is 5.96 Å². The van der Waals surface area contributed by atoms with Crippen molar-refractivity contribution in [2.24, 2.45) is 4.99 Å². The summed E-state index contributed by atoms with van der Waals surface area (Å²) in [5.41, 5.74) is 2.71. The Morgan fingerprint density at radius 3 is 2.61 bits per heavy atom. The fraction of sp³-hybridized carbons (Fsp3) is 0.333. The molecule has 0 radical (unpaired) electrons. The van der Waals surface area contributed by atoms with E-state index in [9.17, 15) is 4.79 Å². The summed E-state index contributed by atoms with van der Waals surface area (Å²) in [6, 6.07) is 15.5. The number of aliphatic imine (C=N–C) groups is 1. The van der Waals surface area contributed by atoms with E-state index in [-0.39, 0.29) is 29.9 Å². The monoisotopic (exact) mass is 496 g/mol. The first-order chi connectivity index (χ1) is 13.1. The Hall–Kier alpha value is -2.29. The van der Waals surface area contributed by atoms with Crippen molar-refractivity contribution in [3.63, 3.8) is 0 Å². The molecule has 0 spiro atoms.